The van der Waals surface area contributed by atoms with Crippen molar-refractivity contribution in [2.24, 2.45) is 5.92 Å². The van der Waals surface area contributed by atoms with Gasteiger partial charge in [-0.05, 0) is 64.5 Å². The normalized spacial score (nSPS) is 15.4. The molecule has 1 saturated carbocycles. The van der Waals surface area contributed by atoms with Gasteiger partial charge < -0.3 is 14.8 Å². The average Bonchev–Trinajstić information content (AvgIpc) is 3.17. The maximum atomic E-state index is 12.5. The highest BCUT2D eigenvalue weighted by Crippen LogP contribution is 2.40. The number of aromatic nitrogens is 2. The van der Waals surface area contributed by atoms with E-state index in [2.05, 4.69) is 29.2 Å². The number of furan rings is 1. The minimum absolute atomic E-state index is 0.172. The Hall–Kier alpha value is -2.52. The molecule has 6 nitrogen and oxygen atoms in total. The van der Waals surface area contributed by atoms with Gasteiger partial charge in [0.05, 0.1) is 12.2 Å². The third-order valence-electron chi connectivity index (χ3n) is 4.22. The van der Waals surface area contributed by atoms with Crippen LogP contribution in [0.25, 0.3) is 0 Å². The number of hydrogen-bond donors (Lipinski definition) is 2. The summed E-state index contributed by atoms with van der Waals surface area (Å²) < 4.78 is 7.34. The summed E-state index contributed by atoms with van der Waals surface area (Å²) in [5.41, 5.74) is -0.202. The standard InChI is InChI=1S/C19H23N3O3/c1-12-11-20-22(13(2)14-5-6-14)17(12)21-18(23)16-8-7-15(25-16)9-10-19(3,4)24/h7-8,11,13-14,24H,5-6H2,1-4H3,(H,21,23)/t13-/m0/s1. The number of hydrogen-bond acceptors (Lipinski definition) is 4. The number of rotatable bonds is 4. The van der Waals surface area contributed by atoms with Crippen LogP contribution in [-0.4, -0.2) is 26.4 Å². The van der Waals surface area contributed by atoms with E-state index in [1.165, 1.54) is 12.8 Å². The second kappa shape index (κ2) is 6.41. The fourth-order valence-corrected chi connectivity index (χ4v) is 2.60. The van der Waals surface area contributed by atoms with E-state index >= 15 is 0 Å². The van der Waals surface area contributed by atoms with Crippen LogP contribution in [0.2, 0.25) is 0 Å². The van der Waals surface area contributed by atoms with Crippen LogP contribution in [0.1, 0.15) is 61.5 Å². The van der Waals surface area contributed by atoms with Crippen LogP contribution in [0, 0.1) is 24.7 Å². The van der Waals surface area contributed by atoms with E-state index in [1.54, 1.807) is 32.2 Å². The molecule has 1 aliphatic rings. The van der Waals surface area contributed by atoms with Gasteiger partial charge in [-0.25, -0.2) is 4.68 Å². The summed E-state index contributed by atoms with van der Waals surface area (Å²) in [4.78, 5) is 12.5. The molecule has 1 amide bonds. The maximum Gasteiger partial charge on any atom is 0.292 e. The van der Waals surface area contributed by atoms with E-state index in [-0.39, 0.29) is 17.7 Å². The lowest BCUT2D eigenvalue weighted by molar-refractivity contribution is 0.0994. The Balaban J connectivity index is 1.76. The molecule has 0 spiro atoms. The fraction of sp³-hybridized carbons (Fsp3) is 0.474. The molecule has 0 saturated heterocycles. The van der Waals surface area contributed by atoms with Crippen molar-refractivity contribution >= 4 is 11.7 Å². The predicted octanol–water partition coefficient (Wildman–Crippen LogP) is 3.13. The zero-order valence-electron chi connectivity index (χ0n) is 15.0. The number of nitrogens with zero attached hydrogens (tertiary/aromatic N) is 2. The van der Waals surface area contributed by atoms with Crippen LogP contribution in [0.5, 0.6) is 0 Å². The van der Waals surface area contributed by atoms with Crippen LogP contribution < -0.4 is 5.32 Å². The average molecular weight is 341 g/mol. The van der Waals surface area contributed by atoms with Gasteiger partial charge in [0.15, 0.2) is 11.5 Å². The van der Waals surface area contributed by atoms with Crippen molar-refractivity contribution in [2.75, 3.05) is 5.32 Å². The van der Waals surface area contributed by atoms with E-state index < -0.39 is 5.60 Å². The van der Waals surface area contributed by atoms with Gasteiger partial charge in [-0.1, -0.05) is 5.92 Å². The first-order valence-electron chi connectivity index (χ1n) is 8.45. The molecule has 0 radical (unpaired) electrons. The Morgan fingerprint density at radius 2 is 2.20 bits per heavy atom. The molecular weight excluding hydrogens is 318 g/mol. The van der Waals surface area contributed by atoms with Crippen molar-refractivity contribution in [3.8, 4) is 11.8 Å². The first-order chi connectivity index (χ1) is 11.7. The minimum atomic E-state index is -1.11. The lowest BCUT2D eigenvalue weighted by Crippen LogP contribution is -2.18. The lowest BCUT2D eigenvalue weighted by Gasteiger charge is -2.15. The largest absolute Gasteiger partial charge is 0.443 e. The highest BCUT2D eigenvalue weighted by atomic mass is 16.3. The lowest BCUT2D eigenvalue weighted by atomic mass is 10.1. The first kappa shape index (κ1) is 17.3. The van der Waals surface area contributed by atoms with Gasteiger partial charge >= 0.3 is 0 Å². The number of aliphatic hydroxyl groups is 1. The number of anilines is 1. The number of carbonyl (C=O) groups excluding carboxylic acids is 1. The molecule has 6 heteroatoms. The zero-order valence-corrected chi connectivity index (χ0v) is 15.0. The van der Waals surface area contributed by atoms with Gasteiger partial charge in [0.1, 0.15) is 11.4 Å². The molecule has 1 fully saturated rings. The van der Waals surface area contributed by atoms with Gasteiger partial charge in [-0.3, -0.25) is 4.79 Å². The molecule has 1 aliphatic carbocycles. The van der Waals surface area contributed by atoms with Crippen LogP contribution >= 0.6 is 0 Å². The molecule has 3 rings (SSSR count). The van der Waals surface area contributed by atoms with Crippen LogP contribution in [0.15, 0.2) is 22.7 Å². The maximum absolute atomic E-state index is 12.5. The second-order valence-corrected chi connectivity index (χ2v) is 7.13. The molecule has 2 heterocycles. The monoisotopic (exact) mass is 341 g/mol. The van der Waals surface area contributed by atoms with Gasteiger partial charge in [0, 0.05) is 5.56 Å². The Morgan fingerprint density at radius 1 is 1.48 bits per heavy atom. The Kier molecular flexibility index (Phi) is 4.44. The highest BCUT2D eigenvalue weighted by Gasteiger charge is 2.31. The molecular formula is C19H23N3O3. The predicted molar refractivity (Wildman–Crippen MR) is 94.2 cm³/mol. The highest BCUT2D eigenvalue weighted by molar-refractivity contribution is 6.02. The molecule has 0 aromatic carbocycles. The third-order valence-corrected chi connectivity index (χ3v) is 4.22. The first-order valence-corrected chi connectivity index (χ1v) is 8.45. The van der Waals surface area contributed by atoms with Crippen LogP contribution in [0.3, 0.4) is 0 Å². The SMILES string of the molecule is Cc1cnn([C@@H](C)C2CC2)c1NC(=O)c1ccc(C#CC(C)(C)O)o1. The summed E-state index contributed by atoms with van der Waals surface area (Å²) in [5.74, 6) is 6.87. The zero-order chi connectivity index (χ0) is 18.2. The Bertz CT molecular complexity index is 841. The quantitative estimate of drug-likeness (QED) is 0.837. The Labute approximate surface area is 147 Å². The summed E-state index contributed by atoms with van der Waals surface area (Å²) in [5, 5.41) is 16.9. The van der Waals surface area contributed by atoms with Crippen molar-refractivity contribution in [3.05, 3.63) is 35.4 Å². The topological polar surface area (TPSA) is 80.3 Å². The number of nitrogens with one attached hydrogen (secondary N) is 1. The minimum Gasteiger partial charge on any atom is -0.443 e. The molecule has 2 N–H and O–H groups in total. The molecule has 0 bridgehead atoms. The summed E-state index contributed by atoms with van der Waals surface area (Å²) in [6.07, 6.45) is 4.17. The third kappa shape index (κ3) is 4.12. The summed E-state index contributed by atoms with van der Waals surface area (Å²) >= 11 is 0. The molecule has 25 heavy (non-hydrogen) atoms. The number of amides is 1. The van der Waals surface area contributed by atoms with Crippen molar-refractivity contribution in [1.29, 1.82) is 0 Å². The molecule has 2 aromatic rings. The van der Waals surface area contributed by atoms with Crippen molar-refractivity contribution in [3.63, 3.8) is 0 Å². The van der Waals surface area contributed by atoms with E-state index in [9.17, 15) is 9.90 Å². The number of carbonyl (C=O) groups is 1. The molecule has 2 aromatic heterocycles. The van der Waals surface area contributed by atoms with Gasteiger partial charge in [0.25, 0.3) is 5.91 Å². The van der Waals surface area contributed by atoms with Crippen molar-refractivity contribution < 1.29 is 14.3 Å². The van der Waals surface area contributed by atoms with Gasteiger partial charge in [-0.2, -0.15) is 5.10 Å². The summed E-state index contributed by atoms with van der Waals surface area (Å²) in [6, 6.07) is 3.45. The van der Waals surface area contributed by atoms with E-state index in [0.29, 0.717) is 17.5 Å². The van der Waals surface area contributed by atoms with E-state index in [4.69, 9.17) is 4.42 Å². The van der Waals surface area contributed by atoms with Crippen LogP contribution in [-0.2, 0) is 0 Å². The second-order valence-electron chi connectivity index (χ2n) is 7.13. The smallest absolute Gasteiger partial charge is 0.292 e. The molecule has 0 aliphatic heterocycles. The number of aryl methyl sites for hydroxylation is 1. The van der Waals surface area contributed by atoms with Crippen LogP contribution in [0.4, 0.5) is 5.82 Å². The van der Waals surface area contributed by atoms with E-state index in [0.717, 1.165) is 5.56 Å². The van der Waals surface area contributed by atoms with Crippen molar-refractivity contribution in [2.45, 2.75) is 52.2 Å². The molecule has 132 valence electrons. The van der Waals surface area contributed by atoms with Gasteiger partial charge in [0.2, 0.25) is 0 Å². The fourth-order valence-electron chi connectivity index (χ4n) is 2.60. The summed E-state index contributed by atoms with van der Waals surface area (Å²) in [6.45, 7) is 7.21. The van der Waals surface area contributed by atoms with Crippen molar-refractivity contribution in [1.82, 2.24) is 9.78 Å². The van der Waals surface area contributed by atoms with Gasteiger partial charge in [-0.15, -0.1) is 0 Å². The molecule has 0 unspecified atom stereocenters. The van der Waals surface area contributed by atoms with E-state index in [1.807, 2.05) is 11.6 Å². The Morgan fingerprint density at radius 3 is 2.84 bits per heavy atom. The molecule has 1 atom stereocenters. The summed E-state index contributed by atoms with van der Waals surface area (Å²) in [7, 11) is 0.